The molecule has 0 spiro atoms. The van der Waals surface area contributed by atoms with E-state index < -0.39 is 0 Å². The molecule has 0 saturated heterocycles. The van der Waals surface area contributed by atoms with Gasteiger partial charge in [-0.2, -0.15) is 5.10 Å². The highest BCUT2D eigenvalue weighted by molar-refractivity contribution is 5.85. The lowest BCUT2D eigenvalue weighted by Gasteiger charge is -2.16. The number of nitrogens with two attached hydrogens (primary N) is 1. The van der Waals surface area contributed by atoms with Crippen LogP contribution in [-0.4, -0.2) is 10.2 Å². The Morgan fingerprint density at radius 2 is 2.00 bits per heavy atom. The van der Waals surface area contributed by atoms with E-state index in [1.54, 1.807) is 0 Å². The minimum Gasteiger partial charge on any atom is -0.324 e. The summed E-state index contributed by atoms with van der Waals surface area (Å²) in [6.07, 6.45) is 0. The zero-order chi connectivity index (χ0) is 11.9. The topological polar surface area (TPSA) is 54.7 Å². The van der Waals surface area contributed by atoms with E-state index in [1.807, 2.05) is 19.1 Å². The highest BCUT2D eigenvalue weighted by Crippen LogP contribution is 2.30. The Hall–Kier alpha value is -1.35. The van der Waals surface area contributed by atoms with Gasteiger partial charge in [-0.1, -0.05) is 39.0 Å². The van der Waals surface area contributed by atoms with Crippen molar-refractivity contribution < 1.29 is 0 Å². The molecule has 2 aromatic rings. The van der Waals surface area contributed by atoms with E-state index >= 15 is 0 Å². The molecule has 0 aliphatic heterocycles. The molecule has 0 amide bonds. The second-order valence-corrected chi connectivity index (χ2v) is 5.38. The van der Waals surface area contributed by atoms with E-state index in [0.29, 0.717) is 0 Å². The van der Waals surface area contributed by atoms with E-state index in [0.717, 1.165) is 11.1 Å². The van der Waals surface area contributed by atoms with Crippen molar-refractivity contribution in [2.75, 3.05) is 0 Å². The fourth-order valence-corrected chi connectivity index (χ4v) is 2.00. The number of H-pyrrole nitrogens is 1. The average Bonchev–Trinajstić information content (AvgIpc) is 2.59. The van der Waals surface area contributed by atoms with Crippen LogP contribution in [0.4, 0.5) is 0 Å². The van der Waals surface area contributed by atoms with Gasteiger partial charge in [0.15, 0.2) is 0 Å². The maximum Gasteiger partial charge on any atom is 0.0971 e. The van der Waals surface area contributed by atoms with Gasteiger partial charge >= 0.3 is 0 Å². The van der Waals surface area contributed by atoms with E-state index in [1.165, 1.54) is 11.1 Å². The first-order valence-corrected chi connectivity index (χ1v) is 5.64. The number of fused-ring (bicyclic) bond motifs is 1. The van der Waals surface area contributed by atoms with E-state index in [-0.39, 0.29) is 11.5 Å². The van der Waals surface area contributed by atoms with Crippen molar-refractivity contribution in [3.05, 3.63) is 29.5 Å². The van der Waals surface area contributed by atoms with Gasteiger partial charge in [0.25, 0.3) is 0 Å². The first kappa shape index (κ1) is 11.1. The molecule has 0 bridgehead atoms. The lowest BCUT2D eigenvalue weighted by atomic mass is 9.89. The molecule has 0 saturated carbocycles. The molecule has 86 valence electrons. The number of rotatable bonds is 1. The van der Waals surface area contributed by atoms with Gasteiger partial charge in [0.05, 0.1) is 5.52 Å². The Kier molecular flexibility index (Phi) is 2.50. The van der Waals surface area contributed by atoms with Gasteiger partial charge in [-0.25, -0.2) is 0 Å². The van der Waals surface area contributed by atoms with Crippen LogP contribution in [0.3, 0.4) is 0 Å². The Morgan fingerprint density at radius 3 is 2.56 bits per heavy atom. The number of nitrogens with zero attached hydrogens (tertiary/aromatic N) is 1. The zero-order valence-corrected chi connectivity index (χ0v) is 10.3. The Morgan fingerprint density at radius 1 is 1.31 bits per heavy atom. The summed E-state index contributed by atoms with van der Waals surface area (Å²) in [6.45, 7) is 8.52. The molecule has 3 nitrogen and oxygen atoms in total. The third kappa shape index (κ3) is 1.71. The second-order valence-electron chi connectivity index (χ2n) is 5.38. The third-order valence-electron chi connectivity index (χ3n) is 2.86. The molecule has 1 heterocycles. The molecule has 3 N–H and O–H groups in total. The Labute approximate surface area is 96.0 Å². The van der Waals surface area contributed by atoms with Crippen LogP contribution in [-0.2, 0) is 5.41 Å². The summed E-state index contributed by atoms with van der Waals surface area (Å²) in [5.74, 6) is 0. The minimum absolute atomic E-state index is 0.0137. The van der Waals surface area contributed by atoms with Crippen LogP contribution in [0.1, 0.15) is 45.0 Å². The highest BCUT2D eigenvalue weighted by atomic mass is 15.1. The lowest BCUT2D eigenvalue weighted by molar-refractivity contribution is 0.571. The smallest absolute Gasteiger partial charge is 0.0971 e. The van der Waals surface area contributed by atoms with Gasteiger partial charge < -0.3 is 5.73 Å². The molecule has 2 rings (SSSR count). The second kappa shape index (κ2) is 3.59. The SMILES string of the molecule is CC(N)c1cccc2c(C(C)(C)C)[nH]nc12. The van der Waals surface area contributed by atoms with E-state index in [9.17, 15) is 0 Å². The zero-order valence-electron chi connectivity index (χ0n) is 10.3. The number of nitrogens with one attached hydrogen (secondary N) is 1. The van der Waals surface area contributed by atoms with E-state index in [4.69, 9.17) is 5.73 Å². The predicted molar refractivity (Wildman–Crippen MR) is 67.4 cm³/mol. The molecule has 0 aliphatic carbocycles. The van der Waals surface area contributed by atoms with Crippen LogP contribution < -0.4 is 5.73 Å². The first-order chi connectivity index (χ1) is 7.41. The molecular formula is C13H19N3. The van der Waals surface area contributed by atoms with Gasteiger partial charge in [-0.05, 0) is 12.5 Å². The average molecular weight is 217 g/mol. The van der Waals surface area contributed by atoms with Crippen molar-refractivity contribution in [3.63, 3.8) is 0 Å². The summed E-state index contributed by atoms with van der Waals surface area (Å²) in [5, 5.41) is 8.73. The normalized spacial score (nSPS) is 14.3. The summed E-state index contributed by atoms with van der Waals surface area (Å²) >= 11 is 0. The maximum absolute atomic E-state index is 5.94. The van der Waals surface area contributed by atoms with Gasteiger partial charge in [-0.3, -0.25) is 5.10 Å². The van der Waals surface area contributed by atoms with Crippen molar-refractivity contribution in [2.24, 2.45) is 5.73 Å². The molecule has 0 aliphatic rings. The minimum atomic E-state index is 0.0137. The summed E-state index contributed by atoms with van der Waals surface area (Å²) < 4.78 is 0. The van der Waals surface area contributed by atoms with Crippen LogP contribution in [0.2, 0.25) is 0 Å². The molecule has 0 radical (unpaired) electrons. The maximum atomic E-state index is 5.94. The Balaban J connectivity index is 2.71. The van der Waals surface area contributed by atoms with Crippen molar-refractivity contribution in [2.45, 2.75) is 39.2 Å². The van der Waals surface area contributed by atoms with Gasteiger partial charge in [0.1, 0.15) is 0 Å². The molecule has 1 unspecified atom stereocenters. The van der Waals surface area contributed by atoms with Crippen LogP contribution >= 0.6 is 0 Å². The molecule has 1 aromatic carbocycles. The van der Waals surface area contributed by atoms with Crippen LogP contribution in [0.15, 0.2) is 18.2 Å². The number of aromatic nitrogens is 2. The third-order valence-corrected chi connectivity index (χ3v) is 2.86. The molecular weight excluding hydrogens is 198 g/mol. The van der Waals surface area contributed by atoms with Crippen molar-refractivity contribution >= 4 is 10.9 Å². The first-order valence-electron chi connectivity index (χ1n) is 5.64. The summed E-state index contributed by atoms with van der Waals surface area (Å²) in [5.41, 5.74) is 9.29. The molecule has 3 heteroatoms. The van der Waals surface area contributed by atoms with Crippen molar-refractivity contribution in [1.29, 1.82) is 0 Å². The van der Waals surface area contributed by atoms with Gasteiger partial charge in [-0.15, -0.1) is 0 Å². The molecule has 0 fully saturated rings. The van der Waals surface area contributed by atoms with Crippen molar-refractivity contribution in [3.8, 4) is 0 Å². The van der Waals surface area contributed by atoms with Crippen LogP contribution in [0, 0.1) is 0 Å². The van der Waals surface area contributed by atoms with Gasteiger partial charge in [0, 0.05) is 22.5 Å². The number of para-hydroxylation sites is 1. The number of aromatic amines is 1. The molecule has 1 atom stereocenters. The summed E-state index contributed by atoms with van der Waals surface area (Å²) in [7, 11) is 0. The number of hydrogen-bond acceptors (Lipinski definition) is 2. The fraction of sp³-hybridized carbons (Fsp3) is 0.462. The predicted octanol–water partition coefficient (Wildman–Crippen LogP) is 2.88. The van der Waals surface area contributed by atoms with Crippen LogP contribution in [0.25, 0.3) is 10.9 Å². The lowest BCUT2D eigenvalue weighted by Crippen LogP contribution is -2.12. The summed E-state index contributed by atoms with van der Waals surface area (Å²) in [6, 6.07) is 6.21. The fourth-order valence-electron chi connectivity index (χ4n) is 2.00. The summed E-state index contributed by atoms with van der Waals surface area (Å²) in [4.78, 5) is 0. The monoisotopic (exact) mass is 217 g/mol. The Bertz CT molecular complexity index is 503. The highest BCUT2D eigenvalue weighted by Gasteiger charge is 2.20. The van der Waals surface area contributed by atoms with Crippen molar-refractivity contribution in [1.82, 2.24) is 10.2 Å². The standard InChI is InChI=1S/C13H19N3/c1-8(14)9-6-5-7-10-11(9)15-16-12(10)13(2,3)4/h5-8H,14H2,1-4H3,(H,15,16). The quantitative estimate of drug-likeness (QED) is 0.771. The molecule has 1 aromatic heterocycles. The van der Waals surface area contributed by atoms with Crippen LogP contribution in [0.5, 0.6) is 0 Å². The largest absolute Gasteiger partial charge is 0.324 e. The number of benzene rings is 1. The van der Waals surface area contributed by atoms with E-state index in [2.05, 4.69) is 37.0 Å². The number of hydrogen-bond donors (Lipinski definition) is 2. The van der Waals surface area contributed by atoms with Gasteiger partial charge in [0.2, 0.25) is 0 Å². The molecule has 16 heavy (non-hydrogen) atoms.